The van der Waals surface area contributed by atoms with Crippen LogP contribution in [0.3, 0.4) is 0 Å². The van der Waals surface area contributed by atoms with Crippen LogP contribution in [0, 0.1) is 6.92 Å². The first-order chi connectivity index (χ1) is 13.6. The van der Waals surface area contributed by atoms with E-state index in [1.807, 2.05) is 43.3 Å². The molecule has 8 heteroatoms. The number of rotatable bonds is 2. The molecule has 3 heterocycles. The Bertz CT molecular complexity index is 1160. The fourth-order valence-corrected chi connectivity index (χ4v) is 5.50. The molecule has 2 aromatic carbocycles. The van der Waals surface area contributed by atoms with Gasteiger partial charge in [0.2, 0.25) is 11.0 Å². The van der Waals surface area contributed by atoms with Gasteiger partial charge in [-0.05, 0) is 36.8 Å². The van der Waals surface area contributed by atoms with E-state index in [9.17, 15) is 9.90 Å². The molecule has 1 amide bonds. The number of phenols is 1. The topological polar surface area (TPSA) is 80.0 Å². The van der Waals surface area contributed by atoms with Crippen molar-refractivity contribution in [2.24, 2.45) is 0 Å². The highest BCUT2D eigenvalue weighted by atomic mass is 32.2. The molecule has 0 unspecified atom stereocenters. The maximum absolute atomic E-state index is 12.4. The number of thioether (sulfide) groups is 1. The quantitative estimate of drug-likeness (QED) is 0.518. The third kappa shape index (κ3) is 2.85. The van der Waals surface area contributed by atoms with Crippen LogP contribution in [0.1, 0.15) is 22.1 Å². The Morgan fingerprint density at radius 3 is 2.75 bits per heavy atom. The lowest BCUT2D eigenvalue weighted by Crippen LogP contribution is -2.15. The summed E-state index contributed by atoms with van der Waals surface area (Å²) in [5.41, 5.74) is 3.75. The molecule has 4 aromatic rings. The number of hydrogen-bond donors (Lipinski definition) is 2. The third-order valence-corrected chi connectivity index (χ3v) is 6.95. The molecule has 0 saturated carbocycles. The van der Waals surface area contributed by atoms with Crippen molar-refractivity contribution >= 4 is 45.0 Å². The van der Waals surface area contributed by atoms with Crippen molar-refractivity contribution in [3.8, 4) is 10.9 Å². The number of carbonyl (C=O) groups excluding carboxylic acids is 1. The molecule has 0 radical (unpaired) electrons. The van der Waals surface area contributed by atoms with Crippen LogP contribution in [0.25, 0.3) is 15.3 Å². The predicted octanol–water partition coefficient (Wildman–Crippen LogP) is 4.27. The first-order valence-electron chi connectivity index (χ1n) is 8.76. The zero-order valence-corrected chi connectivity index (χ0v) is 16.5. The van der Waals surface area contributed by atoms with Crippen LogP contribution in [-0.4, -0.2) is 31.5 Å². The molecule has 0 fully saturated rings. The second kappa shape index (κ2) is 6.65. The first-order valence-corrected chi connectivity index (χ1v) is 10.6. The van der Waals surface area contributed by atoms with Gasteiger partial charge in [0.05, 0.1) is 26.9 Å². The minimum absolute atomic E-state index is 0.0577. The number of fused-ring (bicyclic) bond motifs is 2. The van der Waals surface area contributed by atoms with Gasteiger partial charge in [0.25, 0.3) is 0 Å². The van der Waals surface area contributed by atoms with Crippen LogP contribution in [0.2, 0.25) is 0 Å². The van der Waals surface area contributed by atoms with E-state index in [0.29, 0.717) is 11.6 Å². The standard InChI is InChI=1S/C20H16N4O2S2/c1-11-17-18(12-6-8-13(25)9-7-12)27-10-16(26)22-19(17)24(23-11)20-21-14-4-2-3-5-15(14)28-20/h2-9,18,25H,10H2,1H3,(H,22,26)/t18-/m1/s1. The van der Waals surface area contributed by atoms with Crippen LogP contribution in [0.15, 0.2) is 48.5 Å². The van der Waals surface area contributed by atoms with E-state index in [2.05, 4.69) is 5.32 Å². The van der Waals surface area contributed by atoms with Gasteiger partial charge in [-0.25, -0.2) is 4.98 Å². The molecule has 0 aliphatic carbocycles. The molecule has 140 valence electrons. The van der Waals surface area contributed by atoms with Gasteiger partial charge in [-0.15, -0.1) is 11.8 Å². The minimum atomic E-state index is -0.0604. The number of nitrogens with one attached hydrogen (secondary N) is 1. The van der Waals surface area contributed by atoms with E-state index >= 15 is 0 Å². The van der Waals surface area contributed by atoms with E-state index in [1.54, 1.807) is 39.9 Å². The van der Waals surface area contributed by atoms with Gasteiger partial charge < -0.3 is 10.4 Å². The molecule has 1 atom stereocenters. The van der Waals surface area contributed by atoms with Crippen LogP contribution in [-0.2, 0) is 4.79 Å². The summed E-state index contributed by atoms with van der Waals surface area (Å²) in [5, 5.41) is 18.0. The first kappa shape index (κ1) is 17.3. The summed E-state index contributed by atoms with van der Waals surface area (Å²) in [5.74, 6) is 1.18. The number of aryl methyl sites for hydroxylation is 1. The molecule has 6 nitrogen and oxygen atoms in total. The van der Waals surface area contributed by atoms with Crippen molar-refractivity contribution in [2.75, 3.05) is 11.1 Å². The minimum Gasteiger partial charge on any atom is -0.508 e. The number of aromatic hydroxyl groups is 1. The predicted molar refractivity (Wildman–Crippen MR) is 113 cm³/mol. The SMILES string of the molecule is Cc1nn(-c2nc3ccccc3s2)c2c1[C@@H](c1ccc(O)cc1)SCC(=O)N2. The van der Waals surface area contributed by atoms with Crippen molar-refractivity contribution in [3.05, 3.63) is 65.4 Å². The molecule has 2 N–H and O–H groups in total. The number of aromatic nitrogens is 3. The van der Waals surface area contributed by atoms with Gasteiger partial charge in [0, 0.05) is 5.56 Å². The van der Waals surface area contributed by atoms with E-state index in [1.165, 1.54) is 0 Å². The average molecular weight is 409 g/mol. The van der Waals surface area contributed by atoms with E-state index in [4.69, 9.17) is 10.1 Å². The summed E-state index contributed by atoms with van der Waals surface area (Å²) in [6, 6.07) is 15.1. The van der Waals surface area contributed by atoms with Gasteiger partial charge in [-0.3, -0.25) is 4.79 Å². The number of carbonyl (C=O) groups is 1. The van der Waals surface area contributed by atoms with E-state index < -0.39 is 0 Å². The molecule has 5 rings (SSSR count). The Labute approximate surface area is 169 Å². The van der Waals surface area contributed by atoms with E-state index in [0.717, 1.165) is 32.2 Å². The second-order valence-corrected chi connectivity index (χ2v) is 8.66. The molecule has 28 heavy (non-hydrogen) atoms. The summed E-state index contributed by atoms with van der Waals surface area (Å²) >= 11 is 3.10. The average Bonchev–Trinajstić information content (AvgIpc) is 3.19. The smallest absolute Gasteiger partial charge is 0.235 e. The number of hydrogen-bond acceptors (Lipinski definition) is 6. The summed E-state index contributed by atoms with van der Waals surface area (Å²) in [7, 11) is 0. The Balaban J connectivity index is 1.69. The summed E-state index contributed by atoms with van der Waals surface area (Å²) in [6.07, 6.45) is 0. The maximum Gasteiger partial charge on any atom is 0.235 e. The van der Waals surface area contributed by atoms with Crippen molar-refractivity contribution < 1.29 is 9.90 Å². The lowest BCUT2D eigenvalue weighted by molar-refractivity contribution is -0.113. The van der Waals surface area contributed by atoms with Crippen molar-refractivity contribution in [2.45, 2.75) is 12.2 Å². The molecule has 0 bridgehead atoms. The highest BCUT2D eigenvalue weighted by Gasteiger charge is 2.31. The zero-order chi connectivity index (χ0) is 19.3. The van der Waals surface area contributed by atoms with Gasteiger partial charge in [0.1, 0.15) is 11.6 Å². The summed E-state index contributed by atoms with van der Waals surface area (Å²) in [4.78, 5) is 17.1. The molecule has 1 aliphatic heterocycles. The highest BCUT2D eigenvalue weighted by Crippen LogP contribution is 2.44. The molecule has 1 aliphatic rings. The Hall–Kier alpha value is -2.84. The Morgan fingerprint density at radius 2 is 1.96 bits per heavy atom. The van der Waals surface area contributed by atoms with Crippen molar-refractivity contribution in [1.82, 2.24) is 14.8 Å². The number of para-hydroxylation sites is 1. The number of benzene rings is 2. The van der Waals surface area contributed by atoms with Crippen molar-refractivity contribution in [1.29, 1.82) is 0 Å². The lowest BCUT2D eigenvalue weighted by Gasteiger charge is -2.15. The molecular weight excluding hydrogens is 392 g/mol. The van der Waals surface area contributed by atoms with Gasteiger partial charge in [-0.1, -0.05) is 35.6 Å². The normalized spacial score (nSPS) is 16.6. The van der Waals surface area contributed by atoms with Gasteiger partial charge >= 0.3 is 0 Å². The molecule has 0 saturated heterocycles. The maximum atomic E-state index is 12.4. The Kier molecular flexibility index (Phi) is 4.10. The van der Waals surface area contributed by atoms with Gasteiger partial charge in [0.15, 0.2) is 0 Å². The Morgan fingerprint density at radius 1 is 1.18 bits per heavy atom. The molecule has 0 spiro atoms. The monoisotopic (exact) mass is 408 g/mol. The fraction of sp³-hybridized carbons (Fsp3) is 0.150. The number of nitrogens with zero attached hydrogens (tertiary/aromatic N) is 3. The highest BCUT2D eigenvalue weighted by molar-refractivity contribution is 8.00. The van der Waals surface area contributed by atoms with Crippen LogP contribution in [0.4, 0.5) is 5.82 Å². The number of thiazole rings is 1. The number of amides is 1. The van der Waals surface area contributed by atoms with Crippen LogP contribution < -0.4 is 5.32 Å². The van der Waals surface area contributed by atoms with Crippen LogP contribution >= 0.6 is 23.1 Å². The number of anilines is 1. The zero-order valence-electron chi connectivity index (χ0n) is 14.9. The number of phenolic OH excluding ortho intramolecular Hbond substituents is 1. The molecular formula is C20H16N4O2S2. The molecule has 2 aromatic heterocycles. The van der Waals surface area contributed by atoms with Gasteiger partial charge in [-0.2, -0.15) is 9.78 Å². The lowest BCUT2D eigenvalue weighted by atomic mass is 10.0. The van der Waals surface area contributed by atoms with E-state index in [-0.39, 0.29) is 16.9 Å². The third-order valence-electron chi connectivity index (χ3n) is 4.67. The largest absolute Gasteiger partial charge is 0.508 e. The second-order valence-electron chi connectivity index (χ2n) is 6.55. The summed E-state index contributed by atoms with van der Waals surface area (Å²) in [6.45, 7) is 1.95. The van der Waals surface area contributed by atoms with Crippen LogP contribution in [0.5, 0.6) is 5.75 Å². The fourth-order valence-electron chi connectivity index (χ4n) is 3.39. The van der Waals surface area contributed by atoms with Crippen molar-refractivity contribution in [3.63, 3.8) is 0 Å². The summed E-state index contributed by atoms with van der Waals surface area (Å²) < 4.78 is 2.82.